The molecule has 0 aliphatic carbocycles. The highest BCUT2D eigenvalue weighted by Crippen LogP contribution is 2.30. The van der Waals surface area contributed by atoms with Crippen LogP contribution in [-0.2, 0) is 0 Å². The number of nitrogens with zero attached hydrogens (tertiary/aromatic N) is 1. The number of hydrogen-bond acceptors (Lipinski definition) is 1. The van der Waals surface area contributed by atoms with Crippen molar-refractivity contribution in [1.82, 2.24) is 4.90 Å². The van der Waals surface area contributed by atoms with E-state index in [2.05, 4.69) is 32.3 Å². The van der Waals surface area contributed by atoms with Crippen LogP contribution in [0, 0.1) is 0 Å². The van der Waals surface area contributed by atoms with E-state index in [0.29, 0.717) is 5.54 Å². The Morgan fingerprint density at radius 2 is 2.10 bits per heavy atom. The van der Waals surface area contributed by atoms with E-state index >= 15 is 0 Å². The Bertz CT molecular complexity index is 147. The Balaban J connectivity index is 2.68. The molecule has 0 amide bonds. The van der Waals surface area contributed by atoms with Gasteiger partial charge in [-0.05, 0) is 33.6 Å². The Hall–Kier alpha value is -0.460. The van der Waals surface area contributed by atoms with E-state index in [1.807, 2.05) is 0 Å². The Morgan fingerprint density at radius 1 is 1.50 bits per heavy atom. The first-order chi connectivity index (χ1) is 4.54. The third kappa shape index (κ3) is 1.18. The molecule has 10 heavy (non-hydrogen) atoms. The van der Waals surface area contributed by atoms with E-state index in [-0.39, 0.29) is 0 Å². The molecule has 1 saturated heterocycles. The van der Waals surface area contributed by atoms with Crippen molar-refractivity contribution in [2.75, 3.05) is 6.54 Å². The maximum Gasteiger partial charge on any atom is 0.0343 e. The maximum atomic E-state index is 3.96. The fourth-order valence-electron chi connectivity index (χ4n) is 1.81. The topological polar surface area (TPSA) is 3.24 Å². The van der Waals surface area contributed by atoms with Crippen LogP contribution in [0.3, 0.4) is 0 Å². The van der Waals surface area contributed by atoms with E-state index in [0.717, 1.165) is 0 Å². The highest BCUT2D eigenvalue weighted by molar-refractivity contribution is 5.01. The molecular formula is C9H17N. The molecule has 1 fully saturated rings. The molecule has 0 unspecified atom stereocenters. The molecule has 1 aliphatic heterocycles. The predicted octanol–water partition coefficient (Wildman–Crippen LogP) is 2.39. The maximum absolute atomic E-state index is 3.96. The molecule has 1 rings (SSSR count). The lowest BCUT2D eigenvalue weighted by molar-refractivity contribution is 0.229. The van der Waals surface area contributed by atoms with Crippen LogP contribution < -0.4 is 0 Å². The van der Waals surface area contributed by atoms with Gasteiger partial charge in [0.25, 0.3) is 0 Å². The first-order valence-corrected chi connectivity index (χ1v) is 3.97. The monoisotopic (exact) mass is 139 g/mol. The summed E-state index contributed by atoms with van der Waals surface area (Å²) in [4.78, 5) is 2.40. The molecule has 0 saturated carbocycles. The summed E-state index contributed by atoms with van der Waals surface area (Å²) in [6.45, 7) is 11.8. The Labute approximate surface area is 63.7 Å². The standard InChI is InChI=1S/C9H17N/c1-8(2)10-7-5-6-9(10,3)4/h1,5-7H2,2-4H3. The Kier molecular flexibility index (Phi) is 1.76. The summed E-state index contributed by atoms with van der Waals surface area (Å²) in [5, 5.41) is 0. The fourth-order valence-corrected chi connectivity index (χ4v) is 1.81. The summed E-state index contributed by atoms with van der Waals surface area (Å²) >= 11 is 0. The largest absolute Gasteiger partial charge is 0.370 e. The van der Waals surface area contributed by atoms with Crippen molar-refractivity contribution in [3.8, 4) is 0 Å². The minimum Gasteiger partial charge on any atom is -0.370 e. The first-order valence-electron chi connectivity index (χ1n) is 3.97. The second kappa shape index (κ2) is 2.30. The van der Waals surface area contributed by atoms with Crippen molar-refractivity contribution >= 4 is 0 Å². The minimum absolute atomic E-state index is 0.367. The van der Waals surface area contributed by atoms with Crippen LogP contribution in [0.2, 0.25) is 0 Å². The summed E-state index contributed by atoms with van der Waals surface area (Å²) in [6, 6.07) is 0. The second-order valence-electron chi connectivity index (χ2n) is 3.80. The third-order valence-corrected chi connectivity index (χ3v) is 2.36. The molecule has 0 bridgehead atoms. The van der Waals surface area contributed by atoms with Crippen molar-refractivity contribution in [2.24, 2.45) is 0 Å². The highest BCUT2D eigenvalue weighted by atomic mass is 15.2. The zero-order valence-corrected chi connectivity index (χ0v) is 7.28. The molecular weight excluding hydrogens is 122 g/mol. The lowest BCUT2D eigenvalue weighted by Gasteiger charge is -2.33. The number of likely N-dealkylation sites (tertiary alicyclic amines) is 1. The fraction of sp³-hybridized carbons (Fsp3) is 0.778. The Morgan fingerprint density at radius 3 is 2.30 bits per heavy atom. The van der Waals surface area contributed by atoms with Gasteiger partial charge in [0.05, 0.1) is 0 Å². The van der Waals surface area contributed by atoms with Gasteiger partial charge in [0.2, 0.25) is 0 Å². The normalized spacial score (nSPS) is 23.3. The summed E-state index contributed by atoms with van der Waals surface area (Å²) in [7, 11) is 0. The predicted molar refractivity (Wildman–Crippen MR) is 44.8 cm³/mol. The van der Waals surface area contributed by atoms with Gasteiger partial charge in [0.1, 0.15) is 0 Å². The van der Waals surface area contributed by atoms with Gasteiger partial charge in [0.15, 0.2) is 0 Å². The third-order valence-electron chi connectivity index (χ3n) is 2.36. The molecule has 1 heterocycles. The van der Waals surface area contributed by atoms with E-state index in [1.165, 1.54) is 25.1 Å². The molecule has 0 atom stereocenters. The number of hydrogen-bond donors (Lipinski definition) is 0. The van der Waals surface area contributed by atoms with Gasteiger partial charge in [0, 0.05) is 17.8 Å². The van der Waals surface area contributed by atoms with Crippen molar-refractivity contribution in [3.05, 3.63) is 12.3 Å². The molecule has 0 radical (unpaired) electrons. The van der Waals surface area contributed by atoms with Gasteiger partial charge in [-0.15, -0.1) is 0 Å². The van der Waals surface area contributed by atoms with Gasteiger partial charge in [-0.3, -0.25) is 0 Å². The average Bonchev–Trinajstić information content (AvgIpc) is 2.08. The van der Waals surface area contributed by atoms with Crippen molar-refractivity contribution in [2.45, 2.75) is 39.2 Å². The van der Waals surface area contributed by atoms with Crippen LogP contribution in [0.25, 0.3) is 0 Å². The van der Waals surface area contributed by atoms with E-state index < -0.39 is 0 Å². The minimum atomic E-state index is 0.367. The van der Waals surface area contributed by atoms with Crippen LogP contribution in [0.5, 0.6) is 0 Å². The van der Waals surface area contributed by atoms with E-state index in [9.17, 15) is 0 Å². The van der Waals surface area contributed by atoms with Gasteiger partial charge in [-0.1, -0.05) is 6.58 Å². The summed E-state index contributed by atoms with van der Waals surface area (Å²) in [5.74, 6) is 0. The zero-order valence-electron chi connectivity index (χ0n) is 7.28. The molecule has 1 aliphatic rings. The molecule has 1 heteroatoms. The zero-order chi connectivity index (χ0) is 7.78. The highest BCUT2D eigenvalue weighted by Gasteiger charge is 2.30. The van der Waals surface area contributed by atoms with Crippen LogP contribution in [0.4, 0.5) is 0 Å². The summed E-state index contributed by atoms with van der Waals surface area (Å²) < 4.78 is 0. The van der Waals surface area contributed by atoms with Gasteiger partial charge < -0.3 is 4.90 Å². The molecule has 1 nitrogen and oxygen atoms in total. The van der Waals surface area contributed by atoms with Crippen LogP contribution in [-0.4, -0.2) is 17.0 Å². The van der Waals surface area contributed by atoms with Crippen molar-refractivity contribution in [3.63, 3.8) is 0 Å². The SMILES string of the molecule is C=C(C)N1CCCC1(C)C. The van der Waals surface area contributed by atoms with Gasteiger partial charge in [-0.2, -0.15) is 0 Å². The lowest BCUT2D eigenvalue weighted by Crippen LogP contribution is -2.36. The quantitative estimate of drug-likeness (QED) is 0.539. The molecule has 0 N–H and O–H groups in total. The summed E-state index contributed by atoms with van der Waals surface area (Å²) in [6.07, 6.45) is 2.62. The number of allylic oxidation sites excluding steroid dienone is 1. The summed E-state index contributed by atoms with van der Waals surface area (Å²) in [5.41, 5.74) is 1.58. The molecule has 0 aromatic carbocycles. The van der Waals surface area contributed by atoms with Crippen LogP contribution >= 0.6 is 0 Å². The smallest absolute Gasteiger partial charge is 0.0343 e. The molecule has 0 aromatic heterocycles. The van der Waals surface area contributed by atoms with Gasteiger partial charge >= 0.3 is 0 Å². The van der Waals surface area contributed by atoms with Gasteiger partial charge in [-0.25, -0.2) is 0 Å². The second-order valence-corrected chi connectivity index (χ2v) is 3.80. The molecule has 0 aromatic rings. The number of rotatable bonds is 1. The first kappa shape index (κ1) is 7.64. The van der Waals surface area contributed by atoms with Crippen LogP contribution in [0.1, 0.15) is 33.6 Å². The average molecular weight is 139 g/mol. The molecule has 0 spiro atoms. The molecule has 58 valence electrons. The van der Waals surface area contributed by atoms with E-state index in [4.69, 9.17) is 0 Å². The van der Waals surface area contributed by atoms with Crippen molar-refractivity contribution < 1.29 is 0 Å². The van der Waals surface area contributed by atoms with E-state index in [1.54, 1.807) is 0 Å². The van der Waals surface area contributed by atoms with Crippen molar-refractivity contribution in [1.29, 1.82) is 0 Å². The lowest BCUT2D eigenvalue weighted by atomic mass is 10.0. The van der Waals surface area contributed by atoms with Crippen LogP contribution in [0.15, 0.2) is 12.3 Å².